The van der Waals surface area contributed by atoms with E-state index in [-0.39, 0.29) is 29.9 Å². The van der Waals surface area contributed by atoms with Crippen LogP contribution in [0.3, 0.4) is 0 Å². The molecule has 2 heterocycles. The first-order valence-corrected chi connectivity index (χ1v) is 7.77. The number of amides is 1. The predicted octanol–water partition coefficient (Wildman–Crippen LogP) is 0.558. The molecule has 1 aliphatic rings. The van der Waals surface area contributed by atoms with Crippen molar-refractivity contribution in [2.45, 2.75) is 32.9 Å². The summed E-state index contributed by atoms with van der Waals surface area (Å²) in [5.41, 5.74) is 5.72. The lowest BCUT2D eigenvalue weighted by Crippen LogP contribution is -2.61. The molecule has 1 aliphatic heterocycles. The number of carbonyl (C=O) groups excluding carboxylic acids is 1. The minimum Gasteiger partial charge on any atom is -0.368 e. The first-order valence-electron chi connectivity index (χ1n) is 7.77. The average Bonchev–Trinajstić information content (AvgIpc) is 2.94. The Hall–Kier alpha value is -1.36. The van der Waals surface area contributed by atoms with Crippen LogP contribution in [0.2, 0.25) is 0 Å². The smallest absolute Gasteiger partial charge is 0.237 e. The molecule has 1 amide bonds. The highest BCUT2D eigenvalue weighted by Gasteiger charge is 2.35. The fourth-order valence-electron chi connectivity index (χ4n) is 2.63. The topological polar surface area (TPSA) is 100.0 Å². The van der Waals surface area contributed by atoms with Gasteiger partial charge in [-0.15, -0.1) is 24.0 Å². The zero-order valence-corrected chi connectivity index (χ0v) is 17.0. The van der Waals surface area contributed by atoms with Gasteiger partial charge in [0.2, 0.25) is 5.91 Å². The number of carbonyl (C=O) groups is 1. The van der Waals surface area contributed by atoms with Gasteiger partial charge in [-0.1, -0.05) is 5.16 Å². The van der Waals surface area contributed by atoms with Crippen LogP contribution in [0.25, 0.3) is 0 Å². The van der Waals surface area contributed by atoms with Crippen molar-refractivity contribution in [1.82, 2.24) is 20.3 Å². The molecule has 0 saturated carbocycles. The third kappa shape index (κ3) is 4.82. The molecule has 0 aliphatic carbocycles. The molecule has 0 atom stereocenters. The number of aromatic nitrogens is 1. The van der Waals surface area contributed by atoms with Crippen molar-refractivity contribution in [3.8, 4) is 0 Å². The fraction of sp³-hybridized carbons (Fsp3) is 0.667. The number of aliphatic imine (C=N–C) groups is 1. The van der Waals surface area contributed by atoms with Crippen LogP contribution < -0.4 is 11.1 Å². The Morgan fingerprint density at radius 1 is 1.42 bits per heavy atom. The van der Waals surface area contributed by atoms with Crippen LogP contribution in [0.5, 0.6) is 0 Å². The molecule has 9 heteroatoms. The van der Waals surface area contributed by atoms with Crippen LogP contribution in [0.15, 0.2) is 15.6 Å². The fourth-order valence-corrected chi connectivity index (χ4v) is 2.63. The zero-order valence-electron chi connectivity index (χ0n) is 14.7. The normalized spacial score (nSPS) is 16.7. The zero-order chi connectivity index (χ0) is 17.0. The maximum atomic E-state index is 11.6. The Morgan fingerprint density at radius 2 is 2.04 bits per heavy atom. The summed E-state index contributed by atoms with van der Waals surface area (Å²) in [6.07, 6.45) is 0. The first kappa shape index (κ1) is 20.7. The van der Waals surface area contributed by atoms with E-state index in [1.807, 2.05) is 26.8 Å². The predicted molar refractivity (Wildman–Crippen MR) is 103 cm³/mol. The summed E-state index contributed by atoms with van der Waals surface area (Å²) in [7, 11) is 1.76. The Balaban J connectivity index is 0.00000288. The van der Waals surface area contributed by atoms with Gasteiger partial charge < -0.3 is 20.5 Å². The standard InChI is InChI=1S/C15H26N6O2.HI/c1-11-9-12(23-19-11)10-18-14(17-4)20-5-7-21(8-6-20)15(2,3)13(16)22;/h9H,5-8,10H2,1-4H3,(H2,16,22)(H,17,18);1H. The van der Waals surface area contributed by atoms with Crippen LogP contribution in [-0.2, 0) is 11.3 Å². The van der Waals surface area contributed by atoms with Gasteiger partial charge in [-0.25, -0.2) is 0 Å². The molecule has 1 aromatic rings. The van der Waals surface area contributed by atoms with Gasteiger partial charge in [0.15, 0.2) is 11.7 Å². The number of hydrogen-bond donors (Lipinski definition) is 2. The van der Waals surface area contributed by atoms with Gasteiger partial charge in [0.25, 0.3) is 0 Å². The second-order valence-corrected chi connectivity index (χ2v) is 6.23. The maximum Gasteiger partial charge on any atom is 0.237 e. The molecule has 0 spiro atoms. The van der Waals surface area contributed by atoms with E-state index in [0.717, 1.165) is 43.6 Å². The number of nitrogens with two attached hydrogens (primary N) is 1. The molecular formula is C15H27IN6O2. The van der Waals surface area contributed by atoms with Gasteiger partial charge in [0.1, 0.15) is 0 Å². The quantitative estimate of drug-likeness (QED) is 0.395. The molecule has 1 fully saturated rings. The maximum absolute atomic E-state index is 11.6. The first-order chi connectivity index (χ1) is 10.8. The number of nitrogens with one attached hydrogen (secondary N) is 1. The summed E-state index contributed by atoms with van der Waals surface area (Å²) in [6.45, 7) is 9.25. The van der Waals surface area contributed by atoms with Crippen molar-refractivity contribution in [3.05, 3.63) is 17.5 Å². The highest BCUT2D eigenvalue weighted by atomic mass is 127. The number of aryl methyl sites for hydroxylation is 1. The van der Waals surface area contributed by atoms with Crippen LogP contribution >= 0.6 is 24.0 Å². The van der Waals surface area contributed by atoms with Gasteiger partial charge in [-0.05, 0) is 20.8 Å². The Kier molecular flexibility index (Phi) is 7.46. The van der Waals surface area contributed by atoms with Gasteiger partial charge in [-0.3, -0.25) is 14.7 Å². The van der Waals surface area contributed by atoms with Crippen LogP contribution in [0.1, 0.15) is 25.3 Å². The Morgan fingerprint density at radius 3 is 2.50 bits per heavy atom. The number of primary amides is 1. The lowest BCUT2D eigenvalue weighted by atomic mass is 10.0. The van der Waals surface area contributed by atoms with Gasteiger partial charge in [0.05, 0.1) is 17.8 Å². The summed E-state index contributed by atoms with van der Waals surface area (Å²) in [5, 5.41) is 7.14. The minimum atomic E-state index is -0.625. The number of nitrogens with zero attached hydrogens (tertiary/aromatic N) is 4. The van der Waals surface area contributed by atoms with Crippen molar-refractivity contribution in [1.29, 1.82) is 0 Å². The highest BCUT2D eigenvalue weighted by molar-refractivity contribution is 14.0. The second-order valence-electron chi connectivity index (χ2n) is 6.23. The molecule has 0 unspecified atom stereocenters. The molecule has 0 bridgehead atoms. The number of rotatable bonds is 4. The summed E-state index contributed by atoms with van der Waals surface area (Å²) >= 11 is 0. The summed E-state index contributed by atoms with van der Waals surface area (Å²) in [6, 6.07) is 1.90. The molecule has 3 N–H and O–H groups in total. The number of hydrogen-bond acceptors (Lipinski definition) is 5. The SMILES string of the molecule is CN=C(NCc1cc(C)no1)N1CCN(C(C)(C)C(N)=O)CC1.I. The minimum absolute atomic E-state index is 0. The number of halogens is 1. The Bertz CT molecular complexity index is 578. The van der Waals surface area contributed by atoms with E-state index in [1.54, 1.807) is 7.05 Å². The summed E-state index contributed by atoms with van der Waals surface area (Å²) in [4.78, 5) is 20.2. The number of guanidine groups is 1. The van der Waals surface area contributed by atoms with E-state index >= 15 is 0 Å². The number of piperazine rings is 1. The van der Waals surface area contributed by atoms with Crippen molar-refractivity contribution < 1.29 is 9.32 Å². The largest absolute Gasteiger partial charge is 0.368 e. The lowest BCUT2D eigenvalue weighted by Gasteiger charge is -2.43. The van der Waals surface area contributed by atoms with Crippen molar-refractivity contribution >= 4 is 35.8 Å². The Labute approximate surface area is 159 Å². The molecule has 0 aromatic carbocycles. The van der Waals surface area contributed by atoms with E-state index in [1.165, 1.54) is 0 Å². The molecule has 1 aromatic heterocycles. The third-order valence-corrected chi connectivity index (χ3v) is 4.28. The molecule has 24 heavy (non-hydrogen) atoms. The van der Waals surface area contributed by atoms with Crippen LogP contribution in [0.4, 0.5) is 0 Å². The van der Waals surface area contributed by atoms with Gasteiger partial charge >= 0.3 is 0 Å². The van der Waals surface area contributed by atoms with Gasteiger partial charge in [0, 0.05) is 39.3 Å². The third-order valence-electron chi connectivity index (χ3n) is 4.28. The molecule has 2 rings (SSSR count). The second kappa shape index (κ2) is 8.65. The molecular weight excluding hydrogens is 423 g/mol. The average molecular weight is 450 g/mol. The lowest BCUT2D eigenvalue weighted by molar-refractivity contribution is -0.129. The van der Waals surface area contributed by atoms with E-state index in [0.29, 0.717) is 6.54 Å². The van der Waals surface area contributed by atoms with E-state index in [4.69, 9.17) is 10.3 Å². The summed E-state index contributed by atoms with van der Waals surface area (Å²) < 4.78 is 5.19. The molecule has 8 nitrogen and oxygen atoms in total. The highest BCUT2D eigenvalue weighted by Crippen LogP contribution is 2.16. The van der Waals surface area contributed by atoms with E-state index < -0.39 is 5.54 Å². The van der Waals surface area contributed by atoms with Crippen molar-refractivity contribution in [2.24, 2.45) is 10.7 Å². The molecule has 1 saturated heterocycles. The van der Waals surface area contributed by atoms with Crippen LogP contribution in [-0.4, -0.2) is 65.6 Å². The van der Waals surface area contributed by atoms with Crippen molar-refractivity contribution in [2.75, 3.05) is 33.2 Å². The molecule has 136 valence electrons. The van der Waals surface area contributed by atoms with E-state index in [2.05, 4.69) is 25.3 Å². The molecule has 0 radical (unpaired) electrons. The van der Waals surface area contributed by atoms with Crippen LogP contribution in [0, 0.1) is 6.92 Å². The van der Waals surface area contributed by atoms with Crippen molar-refractivity contribution in [3.63, 3.8) is 0 Å². The van der Waals surface area contributed by atoms with Gasteiger partial charge in [-0.2, -0.15) is 0 Å². The monoisotopic (exact) mass is 450 g/mol. The van der Waals surface area contributed by atoms with E-state index in [9.17, 15) is 4.79 Å². The summed E-state index contributed by atoms with van der Waals surface area (Å²) in [5.74, 6) is 1.29.